The number of ether oxygens (including phenoxy) is 1. The Labute approximate surface area is 132 Å². The van der Waals surface area contributed by atoms with Crippen LogP contribution < -0.4 is 5.32 Å². The minimum Gasteiger partial charge on any atom is -0.466 e. The second kappa shape index (κ2) is 6.69. The summed E-state index contributed by atoms with van der Waals surface area (Å²) in [5, 5.41) is 3.16. The molecule has 2 rings (SSSR count). The Morgan fingerprint density at radius 3 is 2.50 bits per heavy atom. The van der Waals surface area contributed by atoms with Gasteiger partial charge in [-0.15, -0.1) is 0 Å². The van der Waals surface area contributed by atoms with E-state index in [9.17, 15) is 13.2 Å². The summed E-state index contributed by atoms with van der Waals surface area (Å²) in [7, 11) is -3.31. The lowest BCUT2D eigenvalue weighted by atomic mass is 9.86. The van der Waals surface area contributed by atoms with Crippen molar-refractivity contribution in [1.29, 1.82) is 0 Å². The molecule has 0 radical (unpaired) electrons. The zero-order chi connectivity index (χ0) is 16.2. The number of esters is 1. The molecule has 1 saturated carbocycles. The zero-order valence-electron chi connectivity index (χ0n) is 13.1. The van der Waals surface area contributed by atoms with Gasteiger partial charge in [0.2, 0.25) is 0 Å². The quantitative estimate of drug-likeness (QED) is 0.814. The molecule has 1 aromatic carbocycles. The molecule has 0 atom stereocenters. The molecule has 22 heavy (non-hydrogen) atoms. The van der Waals surface area contributed by atoms with Crippen LogP contribution in [0.4, 0.5) is 5.69 Å². The van der Waals surface area contributed by atoms with Crippen LogP contribution in [0.15, 0.2) is 29.2 Å². The summed E-state index contributed by atoms with van der Waals surface area (Å²) in [4.78, 5) is 12.5. The van der Waals surface area contributed by atoms with Crippen LogP contribution >= 0.6 is 0 Å². The number of benzene rings is 1. The largest absolute Gasteiger partial charge is 0.466 e. The van der Waals surface area contributed by atoms with Crippen molar-refractivity contribution >= 4 is 21.5 Å². The molecule has 0 aliphatic heterocycles. The van der Waals surface area contributed by atoms with Crippen LogP contribution in [0.5, 0.6) is 0 Å². The van der Waals surface area contributed by atoms with Gasteiger partial charge in [-0.25, -0.2) is 8.42 Å². The van der Waals surface area contributed by atoms with Gasteiger partial charge in [-0.3, -0.25) is 4.79 Å². The number of para-hydroxylation sites is 1. The third kappa shape index (κ3) is 3.61. The van der Waals surface area contributed by atoms with Crippen LogP contribution in [0, 0.1) is 5.41 Å². The molecule has 122 valence electrons. The van der Waals surface area contributed by atoms with Gasteiger partial charge in [0.15, 0.2) is 9.84 Å². The zero-order valence-corrected chi connectivity index (χ0v) is 13.9. The smallest absolute Gasteiger partial charge is 0.313 e. The molecule has 0 amide bonds. The molecule has 0 spiro atoms. The molecule has 1 N–H and O–H groups in total. The summed E-state index contributed by atoms with van der Waals surface area (Å²) in [6.45, 7) is 2.56. The summed E-state index contributed by atoms with van der Waals surface area (Å²) in [6.07, 6.45) is 4.73. The van der Waals surface area contributed by atoms with Gasteiger partial charge < -0.3 is 10.1 Å². The lowest BCUT2D eigenvalue weighted by Crippen LogP contribution is -2.37. The van der Waals surface area contributed by atoms with Crippen LogP contribution in [0.2, 0.25) is 0 Å². The molecule has 5 nitrogen and oxygen atoms in total. The SMILES string of the molecule is CCOC(=O)C1(CNc2ccccc2S(C)(=O)=O)CCCC1. The highest BCUT2D eigenvalue weighted by Gasteiger charge is 2.42. The number of rotatable bonds is 6. The van der Waals surface area contributed by atoms with Crippen LogP contribution in [0.1, 0.15) is 32.6 Å². The molecular weight excluding hydrogens is 302 g/mol. The summed E-state index contributed by atoms with van der Waals surface area (Å²) < 4.78 is 28.9. The Morgan fingerprint density at radius 2 is 1.91 bits per heavy atom. The van der Waals surface area contributed by atoms with E-state index in [4.69, 9.17) is 4.74 Å². The van der Waals surface area contributed by atoms with E-state index in [-0.39, 0.29) is 10.9 Å². The number of nitrogens with one attached hydrogen (secondary N) is 1. The molecule has 1 aliphatic carbocycles. The van der Waals surface area contributed by atoms with Gasteiger partial charge >= 0.3 is 5.97 Å². The molecule has 0 heterocycles. The highest BCUT2D eigenvalue weighted by atomic mass is 32.2. The van der Waals surface area contributed by atoms with Crippen molar-refractivity contribution in [3.63, 3.8) is 0 Å². The van der Waals surface area contributed by atoms with Gasteiger partial charge in [0.05, 0.1) is 22.6 Å². The predicted molar refractivity (Wildman–Crippen MR) is 85.6 cm³/mol. The van der Waals surface area contributed by atoms with Crippen molar-refractivity contribution in [3.8, 4) is 0 Å². The highest BCUT2D eigenvalue weighted by Crippen LogP contribution is 2.39. The summed E-state index contributed by atoms with van der Waals surface area (Å²) in [5.74, 6) is -0.183. The fourth-order valence-corrected chi connectivity index (χ4v) is 3.85. The number of sulfone groups is 1. The molecule has 0 bridgehead atoms. The summed E-state index contributed by atoms with van der Waals surface area (Å²) in [5.41, 5.74) is 0.00115. The van der Waals surface area contributed by atoms with Crippen molar-refractivity contribution in [2.45, 2.75) is 37.5 Å². The van der Waals surface area contributed by atoms with Gasteiger partial charge in [-0.1, -0.05) is 25.0 Å². The van der Waals surface area contributed by atoms with E-state index < -0.39 is 15.3 Å². The lowest BCUT2D eigenvalue weighted by molar-refractivity contribution is -0.154. The molecule has 0 aromatic heterocycles. The standard InChI is InChI=1S/C16H23NO4S/c1-3-21-15(18)16(10-6-7-11-16)12-17-13-8-4-5-9-14(13)22(2,19)20/h4-5,8-9,17H,3,6-7,10-12H2,1-2H3. The molecule has 6 heteroatoms. The Kier molecular flexibility index (Phi) is 5.11. The first-order valence-electron chi connectivity index (χ1n) is 7.59. The molecule has 0 saturated heterocycles. The van der Waals surface area contributed by atoms with Crippen molar-refractivity contribution in [2.24, 2.45) is 5.41 Å². The lowest BCUT2D eigenvalue weighted by Gasteiger charge is -2.27. The Morgan fingerprint density at radius 1 is 1.27 bits per heavy atom. The molecule has 0 unspecified atom stereocenters. The van der Waals surface area contributed by atoms with Gasteiger partial charge in [0.1, 0.15) is 0 Å². The van der Waals surface area contributed by atoms with E-state index in [0.29, 0.717) is 18.8 Å². The van der Waals surface area contributed by atoms with Crippen molar-refractivity contribution in [1.82, 2.24) is 0 Å². The number of hydrogen-bond donors (Lipinski definition) is 1. The predicted octanol–water partition coefficient (Wildman–Crippen LogP) is 2.63. The van der Waals surface area contributed by atoms with Crippen LogP contribution in [-0.2, 0) is 19.4 Å². The van der Waals surface area contributed by atoms with E-state index in [1.54, 1.807) is 31.2 Å². The fourth-order valence-electron chi connectivity index (χ4n) is 2.99. The third-order valence-corrected chi connectivity index (χ3v) is 5.33. The first-order chi connectivity index (χ1) is 10.4. The van der Waals surface area contributed by atoms with Crippen LogP contribution in [0.25, 0.3) is 0 Å². The first-order valence-corrected chi connectivity index (χ1v) is 9.48. The number of anilines is 1. The van der Waals surface area contributed by atoms with Gasteiger partial charge in [-0.2, -0.15) is 0 Å². The van der Waals surface area contributed by atoms with E-state index in [1.807, 2.05) is 0 Å². The molecular formula is C16H23NO4S. The number of hydrogen-bond acceptors (Lipinski definition) is 5. The Bertz CT molecular complexity index is 633. The normalized spacial score (nSPS) is 17.2. The summed E-state index contributed by atoms with van der Waals surface area (Å²) in [6, 6.07) is 6.77. The van der Waals surface area contributed by atoms with E-state index in [0.717, 1.165) is 25.7 Å². The molecule has 1 aromatic rings. The fraction of sp³-hybridized carbons (Fsp3) is 0.562. The third-order valence-electron chi connectivity index (χ3n) is 4.17. The van der Waals surface area contributed by atoms with Gasteiger partial charge in [0.25, 0.3) is 0 Å². The minimum absolute atomic E-state index is 0.183. The highest BCUT2D eigenvalue weighted by molar-refractivity contribution is 7.90. The Balaban J connectivity index is 2.19. The maximum absolute atomic E-state index is 12.3. The maximum Gasteiger partial charge on any atom is 0.313 e. The molecule has 1 aliphatic rings. The second-order valence-electron chi connectivity index (χ2n) is 5.83. The van der Waals surface area contributed by atoms with E-state index >= 15 is 0 Å². The minimum atomic E-state index is -3.31. The number of carbonyl (C=O) groups is 1. The maximum atomic E-state index is 12.3. The average Bonchev–Trinajstić information content (AvgIpc) is 2.95. The van der Waals surface area contributed by atoms with Crippen molar-refractivity contribution in [3.05, 3.63) is 24.3 Å². The van der Waals surface area contributed by atoms with Crippen LogP contribution in [-0.4, -0.2) is 33.8 Å². The topological polar surface area (TPSA) is 72.5 Å². The van der Waals surface area contributed by atoms with E-state index in [2.05, 4.69) is 5.32 Å². The monoisotopic (exact) mass is 325 g/mol. The second-order valence-corrected chi connectivity index (χ2v) is 7.81. The van der Waals surface area contributed by atoms with E-state index in [1.165, 1.54) is 6.26 Å². The average molecular weight is 325 g/mol. The number of carbonyl (C=O) groups excluding carboxylic acids is 1. The van der Waals surface area contributed by atoms with Crippen molar-refractivity contribution in [2.75, 3.05) is 24.7 Å². The molecule has 1 fully saturated rings. The summed E-state index contributed by atoms with van der Waals surface area (Å²) >= 11 is 0. The van der Waals surface area contributed by atoms with Gasteiger partial charge in [0, 0.05) is 12.8 Å². The first kappa shape index (κ1) is 16.8. The van der Waals surface area contributed by atoms with Crippen LogP contribution in [0.3, 0.4) is 0 Å². The Hall–Kier alpha value is -1.56. The van der Waals surface area contributed by atoms with Crippen molar-refractivity contribution < 1.29 is 17.9 Å². The van der Waals surface area contributed by atoms with Gasteiger partial charge in [-0.05, 0) is 31.9 Å².